The van der Waals surface area contributed by atoms with Crippen LogP contribution >= 0.6 is 0 Å². The van der Waals surface area contributed by atoms with Crippen LogP contribution in [0.1, 0.15) is 113 Å². The fourth-order valence-corrected chi connectivity index (χ4v) is 6.75. The highest BCUT2D eigenvalue weighted by molar-refractivity contribution is 5.93. The van der Waals surface area contributed by atoms with E-state index in [1.807, 2.05) is 36.4 Å². The van der Waals surface area contributed by atoms with Gasteiger partial charge in [0.15, 0.2) is 0 Å². The molecule has 0 spiro atoms. The molecule has 1 aliphatic carbocycles. The number of anilines is 1. The summed E-state index contributed by atoms with van der Waals surface area (Å²) in [7, 11) is 0. The molecule has 3 aromatic rings. The second-order valence-corrected chi connectivity index (χ2v) is 13.3. The zero-order valence-corrected chi connectivity index (χ0v) is 25.1. The largest absolute Gasteiger partial charge is 0.457 e. The minimum atomic E-state index is -0.361. The average Bonchev–Trinajstić information content (AvgIpc) is 2.95. The molecule has 0 aromatic heterocycles. The van der Waals surface area contributed by atoms with Crippen molar-refractivity contribution >= 4 is 11.6 Å². The number of ether oxygens (including phenoxy) is 1. The van der Waals surface area contributed by atoms with Crippen molar-refractivity contribution in [3.8, 4) is 11.5 Å². The molecule has 1 unspecified atom stereocenters. The molecule has 41 heavy (non-hydrogen) atoms. The minimum absolute atomic E-state index is 0.0209. The first-order chi connectivity index (χ1) is 19.8. The summed E-state index contributed by atoms with van der Waals surface area (Å²) in [6.45, 7) is 6.51. The highest BCUT2D eigenvalue weighted by Crippen LogP contribution is 2.45. The summed E-state index contributed by atoms with van der Waals surface area (Å²) < 4.78 is 6.13. The monoisotopic (exact) mass is 553 g/mol. The SMILES string of the molecule is CC(C)(C)c1ccc(CC(O)CCCCC2CCCCC2)cc1NC(=O)CC1c2ccccc2Oc2ccccc21. The van der Waals surface area contributed by atoms with Crippen molar-refractivity contribution in [2.45, 2.75) is 109 Å². The second kappa shape index (κ2) is 13.2. The molecule has 2 aliphatic rings. The van der Waals surface area contributed by atoms with Crippen molar-refractivity contribution < 1.29 is 14.6 Å². The van der Waals surface area contributed by atoms with Crippen molar-refractivity contribution in [2.75, 3.05) is 5.32 Å². The van der Waals surface area contributed by atoms with Crippen LogP contribution in [0.5, 0.6) is 11.5 Å². The van der Waals surface area contributed by atoms with E-state index >= 15 is 0 Å². The summed E-state index contributed by atoms with van der Waals surface area (Å²) in [5, 5.41) is 14.1. The Balaban J connectivity index is 1.25. The van der Waals surface area contributed by atoms with Crippen LogP contribution in [0.25, 0.3) is 0 Å². The molecule has 0 bridgehead atoms. The molecule has 0 radical (unpaired) electrons. The Hall–Kier alpha value is -3.11. The van der Waals surface area contributed by atoms with Crippen LogP contribution in [0.15, 0.2) is 66.7 Å². The number of para-hydroxylation sites is 2. The maximum atomic E-state index is 13.6. The molecular formula is C37H47NO3. The van der Waals surface area contributed by atoms with Gasteiger partial charge in [0.1, 0.15) is 11.5 Å². The molecular weight excluding hydrogens is 506 g/mol. The highest BCUT2D eigenvalue weighted by Gasteiger charge is 2.29. The lowest BCUT2D eigenvalue weighted by Gasteiger charge is -2.28. The van der Waals surface area contributed by atoms with Gasteiger partial charge in [0.05, 0.1) is 6.10 Å². The third-order valence-electron chi connectivity index (χ3n) is 8.96. The van der Waals surface area contributed by atoms with Crippen LogP contribution in [0.4, 0.5) is 5.69 Å². The van der Waals surface area contributed by atoms with Crippen LogP contribution in [-0.4, -0.2) is 17.1 Å². The zero-order chi connectivity index (χ0) is 28.8. The third-order valence-corrected chi connectivity index (χ3v) is 8.96. The Morgan fingerprint density at radius 1 is 0.927 bits per heavy atom. The first-order valence-corrected chi connectivity index (χ1v) is 15.7. The lowest BCUT2D eigenvalue weighted by atomic mass is 9.83. The quantitative estimate of drug-likeness (QED) is 0.246. The number of aliphatic hydroxyl groups excluding tert-OH is 1. The molecule has 1 atom stereocenters. The summed E-state index contributed by atoms with van der Waals surface area (Å²) in [5.74, 6) is 2.43. The molecule has 218 valence electrons. The molecule has 3 aromatic carbocycles. The van der Waals surface area contributed by atoms with Crippen molar-refractivity contribution in [3.05, 3.63) is 89.0 Å². The fourth-order valence-electron chi connectivity index (χ4n) is 6.75. The minimum Gasteiger partial charge on any atom is -0.457 e. The van der Waals surface area contributed by atoms with E-state index in [0.29, 0.717) is 12.8 Å². The molecule has 1 saturated carbocycles. The second-order valence-electron chi connectivity index (χ2n) is 13.3. The Bertz CT molecular complexity index is 1270. The predicted molar refractivity (Wildman–Crippen MR) is 168 cm³/mol. The van der Waals surface area contributed by atoms with E-state index in [2.05, 4.69) is 56.4 Å². The maximum Gasteiger partial charge on any atom is 0.225 e. The predicted octanol–water partition coefficient (Wildman–Crippen LogP) is 9.29. The number of nitrogens with one attached hydrogen (secondary N) is 1. The van der Waals surface area contributed by atoms with Crippen molar-refractivity contribution in [3.63, 3.8) is 0 Å². The van der Waals surface area contributed by atoms with E-state index in [1.165, 1.54) is 44.9 Å². The summed E-state index contributed by atoms with van der Waals surface area (Å²) >= 11 is 0. The van der Waals surface area contributed by atoms with Crippen LogP contribution in [-0.2, 0) is 16.6 Å². The van der Waals surface area contributed by atoms with Crippen LogP contribution in [0, 0.1) is 5.92 Å². The number of rotatable bonds is 10. The van der Waals surface area contributed by atoms with E-state index < -0.39 is 0 Å². The topological polar surface area (TPSA) is 58.6 Å². The molecule has 1 heterocycles. The van der Waals surface area contributed by atoms with Crippen LogP contribution in [0.2, 0.25) is 0 Å². The van der Waals surface area contributed by atoms with Gasteiger partial charge in [-0.1, -0.05) is 121 Å². The molecule has 2 N–H and O–H groups in total. The van der Waals surface area contributed by atoms with E-state index in [4.69, 9.17) is 4.74 Å². The van der Waals surface area contributed by atoms with Gasteiger partial charge in [-0.05, 0) is 53.5 Å². The van der Waals surface area contributed by atoms with E-state index in [1.54, 1.807) is 0 Å². The smallest absolute Gasteiger partial charge is 0.225 e. The number of hydrogen-bond acceptors (Lipinski definition) is 3. The van der Waals surface area contributed by atoms with Gasteiger partial charge >= 0.3 is 0 Å². The molecule has 5 rings (SSSR count). The molecule has 4 nitrogen and oxygen atoms in total. The molecule has 1 amide bonds. The van der Waals surface area contributed by atoms with Crippen molar-refractivity contribution in [1.29, 1.82) is 0 Å². The first-order valence-electron chi connectivity index (χ1n) is 15.7. The number of hydrogen-bond donors (Lipinski definition) is 2. The van der Waals surface area contributed by atoms with Crippen LogP contribution < -0.4 is 10.1 Å². The van der Waals surface area contributed by atoms with Gasteiger partial charge in [-0.25, -0.2) is 0 Å². The molecule has 0 saturated heterocycles. The maximum absolute atomic E-state index is 13.6. The number of benzene rings is 3. The van der Waals surface area contributed by atoms with Gasteiger partial charge in [-0.15, -0.1) is 0 Å². The third kappa shape index (κ3) is 7.60. The summed E-state index contributed by atoms with van der Waals surface area (Å²) in [5.41, 5.74) is 4.96. The zero-order valence-electron chi connectivity index (χ0n) is 25.1. The van der Waals surface area contributed by atoms with Crippen molar-refractivity contribution in [1.82, 2.24) is 0 Å². The van der Waals surface area contributed by atoms with Gasteiger partial charge in [-0.2, -0.15) is 0 Å². The summed E-state index contributed by atoms with van der Waals surface area (Å²) in [6, 6.07) is 22.3. The standard InChI is InChI=1S/C37H47NO3/c1-37(2,3)32-22-21-27(23-28(39)16-8-7-15-26-13-5-4-6-14-26)24-33(32)38-36(40)25-31-29-17-9-11-19-34(29)41-35-20-12-10-18-30(31)35/h9-12,17-22,24,26,28,31,39H,4-8,13-16,23,25H2,1-3H3,(H,38,40). The normalized spacial score (nSPS) is 16.4. The Labute approximate surface area is 246 Å². The lowest BCUT2D eigenvalue weighted by Crippen LogP contribution is -2.22. The van der Waals surface area contributed by atoms with Gasteiger partial charge < -0.3 is 15.2 Å². The van der Waals surface area contributed by atoms with Gasteiger partial charge in [-0.3, -0.25) is 4.79 Å². The fraction of sp³-hybridized carbons (Fsp3) is 0.486. The first kappa shape index (κ1) is 29.4. The molecule has 4 heteroatoms. The van der Waals surface area contributed by atoms with Gasteiger partial charge in [0.25, 0.3) is 0 Å². The number of carbonyl (C=O) groups excluding carboxylic acids is 1. The van der Waals surface area contributed by atoms with Gasteiger partial charge in [0, 0.05) is 29.2 Å². The Morgan fingerprint density at radius 2 is 1.59 bits per heavy atom. The number of carbonyl (C=O) groups is 1. The summed E-state index contributed by atoms with van der Waals surface area (Å²) in [6.07, 6.45) is 12.0. The number of amides is 1. The van der Waals surface area contributed by atoms with E-state index in [0.717, 1.165) is 58.2 Å². The van der Waals surface area contributed by atoms with Gasteiger partial charge in [0.2, 0.25) is 5.91 Å². The molecule has 1 fully saturated rings. The summed E-state index contributed by atoms with van der Waals surface area (Å²) in [4.78, 5) is 13.6. The molecule has 1 aliphatic heterocycles. The highest BCUT2D eigenvalue weighted by atomic mass is 16.5. The number of unbranched alkanes of at least 4 members (excludes halogenated alkanes) is 1. The van der Waals surface area contributed by atoms with Crippen LogP contribution in [0.3, 0.4) is 0 Å². The van der Waals surface area contributed by atoms with E-state index in [-0.39, 0.29) is 23.3 Å². The Morgan fingerprint density at radius 3 is 2.24 bits per heavy atom. The number of aliphatic hydroxyl groups is 1. The number of fused-ring (bicyclic) bond motifs is 2. The Kier molecular flexibility index (Phi) is 9.49. The van der Waals surface area contributed by atoms with Crippen molar-refractivity contribution in [2.24, 2.45) is 5.92 Å². The average molecular weight is 554 g/mol. The lowest BCUT2D eigenvalue weighted by molar-refractivity contribution is -0.116. The van der Waals surface area contributed by atoms with E-state index in [9.17, 15) is 9.90 Å².